The number of aryl methyl sites for hydroxylation is 1. The van der Waals surface area contributed by atoms with Crippen LogP contribution in [-0.2, 0) is 9.47 Å². The van der Waals surface area contributed by atoms with Gasteiger partial charge >= 0.3 is 0 Å². The fourth-order valence-corrected chi connectivity index (χ4v) is 1.69. The Balaban J connectivity index is 2.61. The average molecular weight is 238 g/mol. The lowest BCUT2D eigenvalue weighted by Crippen LogP contribution is -2.34. The van der Waals surface area contributed by atoms with Crippen LogP contribution in [0, 0.1) is 6.92 Å². The number of ether oxygens (including phenoxy) is 2. The summed E-state index contributed by atoms with van der Waals surface area (Å²) in [6, 6.07) is 8.28. The number of anilines is 1. The van der Waals surface area contributed by atoms with Crippen molar-refractivity contribution in [3.05, 3.63) is 29.8 Å². The molecule has 0 radical (unpaired) electrons. The normalized spacial score (nSPS) is 12.8. The number of para-hydroxylation sites is 1. The number of hydrogen-bond acceptors (Lipinski definition) is 4. The van der Waals surface area contributed by atoms with Crippen LogP contribution in [0.1, 0.15) is 12.0 Å². The molecule has 1 aromatic rings. The minimum atomic E-state index is -0.222. The summed E-state index contributed by atoms with van der Waals surface area (Å²) in [5, 5.41) is 3.41. The maximum Gasteiger partial charge on any atom is 0.158 e. The standard InChI is InChI=1S/C13H22N2O2/c1-10-6-4-5-7-12(10)15-11(9-14)8-13(16-2)17-3/h4-7,11,13,15H,8-9,14H2,1-3H3. The molecule has 0 bridgehead atoms. The maximum atomic E-state index is 5.75. The summed E-state index contributed by atoms with van der Waals surface area (Å²) in [5.41, 5.74) is 8.07. The molecule has 0 fully saturated rings. The fraction of sp³-hybridized carbons (Fsp3) is 0.538. The van der Waals surface area contributed by atoms with Crippen LogP contribution in [0.4, 0.5) is 5.69 Å². The van der Waals surface area contributed by atoms with Crippen LogP contribution < -0.4 is 11.1 Å². The summed E-state index contributed by atoms with van der Waals surface area (Å²) in [6.07, 6.45) is 0.498. The minimum absolute atomic E-state index is 0.140. The largest absolute Gasteiger partial charge is 0.381 e. The van der Waals surface area contributed by atoms with Gasteiger partial charge in [-0.2, -0.15) is 0 Å². The monoisotopic (exact) mass is 238 g/mol. The average Bonchev–Trinajstić information content (AvgIpc) is 2.36. The molecule has 0 heterocycles. The number of hydrogen-bond donors (Lipinski definition) is 2. The van der Waals surface area contributed by atoms with E-state index in [9.17, 15) is 0 Å². The molecule has 0 aliphatic carbocycles. The molecular weight excluding hydrogens is 216 g/mol. The lowest BCUT2D eigenvalue weighted by molar-refractivity contribution is -0.107. The summed E-state index contributed by atoms with van der Waals surface area (Å²) in [4.78, 5) is 0. The van der Waals surface area contributed by atoms with Crippen molar-refractivity contribution in [2.24, 2.45) is 5.73 Å². The van der Waals surface area contributed by atoms with Gasteiger partial charge in [-0.15, -0.1) is 0 Å². The Labute approximate surface area is 103 Å². The molecule has 1 unspecified atom stereocenters. The molecule has 17 heavy (non-hydrogen) atoms. The van der Waals surface area contributed by atoms with E-state index in [0.29, 0.717) is 6.54 Å². The van der Waals surface area contributed by atoms with Crippen molar-refractivity contribution in [2.75, 3.05) is 26.1 Å². The molecule has 0 amide bonds. The Morgan fingerprint density at radius 2 is 1.88 bits per heavy atom. The first kappa shape index (κ1) is 14.0. The quantitative estimate of drug-likeness (QED) is 0.710. The molecule has 0 aliphatic rings. The zero-order chi connectivity index (χ0) is 12.7. The van der Waals surface area contributed by atoms with E-state index in [2.05, 4.69) is 18.3 Å². The summed E-state index contributed by atoms with van der Waals surface area (Å²) in [6.45, 7) is 2.61. The van der Waals surface area contributed by atoms with E-state index in [1.165, 1.54) is 5.56 Å². The Hall–Kier alpha value is -1.10. The van der Waals surface area contributed by atoms with Gasteiger partial charge in [0.2, 0.25) is 0 Å². The topological polar surface area (TPSA) is 56.5 Å². The van der Waals surface area contributed by atoms with E-state index in [4.69, 9.17) is 15.2 Å². The predicted octanol–water partition coefficient (Wildman–Crippen LogP) is 1.74. The zero-order valence-corrected chi connectivity index (χ0v) is 10.8. The Morgan fingerprint density at radius 1 is 1.24 bits per heavy atom. The number of rotatable bonds is 7. The first-order valence-electron chi connectivity index (χ1n) is 5.79. The molecule has 4 heteroatoms. The zero-order valence-electron chi connectivity index (χ0n) is 10.8. The van der Waals surface area contributed by atoms with Crippen molar-refractivity contribution in [1.82, 2.24) is 0 Å². The van der Waals surface area contributed by atoms with Crippen LogP contribution in [0.3, 0.4) is 0 Å². The van der Waals surface area contributed by atoms with E-state index in [-0.39, 0.29) is 12.3 Å². The predicted molar refractivity (Wildman–Crippen MR) is 70.1 cm³/mol. The second-order valence-corrected chi connectivity index (χ2v) is 4.03. The minimum Gasteiger partial charge on any atom is -0.381 e. The van der Waals surface area contributed by atoms with E-state index < -0.39 is 0 Å². The van der Waals surface area contributed by atoms with Crippen molar-refractivity contribution >= 4 is 5.69 Å². The van der Waals surface area contributed by atoms with Crippen molar-refractivity contribution in [3.8, 4) is 0 Å². The maximum absolute atomic E-state index is 5.75. The molecule has 1 atom stereocenters. The highest BCUT2D eigenvalue weighted by atomic mass is 16.7. The molecule has 96 valence electrons. The van der Waals surface area contributed by atoms with Gasteiger partial charge < -0.3 is 20.5 Å². The summed E-state index contributed by atoms with van der Waals surface area (Å²) in [7, 11) is 3.27. The van der Waals surface area contributed by atoms with E-state index in [0.717, 1.165) is 12.1 Å². The highest BCUT2D eigenvalue weighted by Gasteiger charge is 2.14. The third-order valence-electron chi connectivity index (χ3n) is 2.79. The van der Waals surface area contributed by atoms with Gasteiger partial charge in [-0.25, -0.2) is 0 Å². The van der Waals surface area contributed by atoms with Crippen molar-refractivity contribution in [2.45, 2.75) is 25.7 Å². The molecule has 1 rings (SSSR count). The van der Waals surface area contributed by atoms with E-state index in [1.807, 2.05) is 18.2 Å². The Morgan fingerprint density at radius 3 is 2.41 bits per heavy atom. The molecule has 0 spiro atoms. The number of methoxy groups -OCH3 is 2. The molecule has 1 aromatic carbocycles. The van der Waals surface area contributed by atoms with Crippen LogP contribution in [0.2, 0.25) is 0 Å². The van der Waals surface area contributed by atoms with Crippen LogP contribution >= 0.6 is 0 Å². The van der Waals surface area contributed by atoms with Gasteiger partial charge in [0, 0.05) is 38.9 Å². The molecule has 0 aliphatic heterocycles. The second kappa shape index (κ2) is 7.27. The summed E-state index contributed by atoms with van der Waals surface area (Å²) < 4.78 is 10.4. The second-order valence-electron chi connectivity index (χ2n) is 4.03. The van der Waals surface area contributed by atoms with Crippen molar-refractivity contribution in [3.63, 3.8) is 0 Å². The van der Waals surface area contributed by atoms with Gasteiger partial charge in [-0.1, -0.05) is 18.2 Å². The first-order chi connectivity index (χ1) is 8.21. The third-order valence-corrected chi connectivity index (χ3v) is 2.79. The van der Waals surface area contributed by atoms with Crippen molar-refractivity contribution < 1.29 is 9.47 Å². The number of nitrogens with two attached hydrogens (primary N) is 1. The van der Waals surface area contributed by atoms with Gasteiger partial charge in [0.1, 0.15) is 0 Å². The van der Waals surface area contributed by atoms with Crippen LogP contribution in [0.15, 0.2) is 24.3 Å². The Kier molecular flexibility index (Phi) is 5.97. The third kappa shape index (κ3) is 4.34. The molecule has 4 nitrogen and oxygen atoms in total. The van der Waals surface area contributed by atoms with Crippen LogP contribution in [-0.4, -0.2) is 33.1 Å². The smallest absolute Gasteiger partial charge is 0.158 e. The van der Waals surface area contributed by atoms with Gasteiger partial charge in [-0.3, -0.25) is 0 Å². The van der Waals surface area contributed by atoms with Crippen LogP contribution in [0.5, 0.6) is 0 Å². The van der Waals surface area contributed by atoms with Gasteiger partial charge in [0.15, 0.2) is 6.29 Å². The SMILES string of the molecule is COC(CC(CN)Nc1ccccc1C)OC. The lowest BCUT2D eigenvalue weighted by Gasteiger charge is -2.23. The number of nitrogens with one attached hydrogen (secondary N) is 1. The molecular formula is C13H22N2O2. The van der Waals surface area contributed by atoms with Gasteiger partial charge in [-0.05, 0) is 18.6 Å². The molecule has 0 aromatic heterocycles. The highest BCUT2D eigenvalue weighted by Crippen LogP contribution is 2.16. The lowest BCUT2D eigenvalue weighted by atomic mass is 10.1. The van der Waals surface area contributed by atoms with Crippen LogP contribution in [0.25, 0.3) is 0 Å². The molecule has 0 saturated carbocycles. The molecule has 0 saturated heterocycles. The van der Waals surface area contributed by atoms with Crippen molar-refractivity contribution in [1.29, 1.82) is 0 Å². The number of benzene rings is 1. The van der Waals surface area contributed by atoms with E-state index >= 15 is 0 Å². The Bertz CT molecular complexity index is 327. The fourth-order valence-electron chi connectivity index (χ4n) is 1.69. The highest BCUT2D eigenvalue weighted by molar-refractivity contribution is 5.50. The summed E-state index contributed by atoms with van der Waals surface area (Å²) >= 11 is 0. The first-order valence-corrected chi connectivity index (χ1v) is 5.79. The summed E-state index contributed by atoms with van der Waals surface area (Å²) in [5.74, 6) is 0. The van der Waals surface area contributed by atoms with Gasteiger partial charge in [0.25, 0.3) is 0 Å². The van der Waals surface area contributed by atoms with E-state index in [1.54, 1.807) is 14.2 Å². The molecule has 3 N–H and O–H groups in total. The van der Waals surface area contributed by atoms with Gasteiger partial charge in [0.05, 0.1) is 0 Å².